The molecule has 0 aliphatic carbocycles. The molecular formula is C16H21N3O. The Balaban J connectivity index is 2.06. The molecule has 106 valence electrons. The van der Waals surface area contributed by atoms with Crippen molar-refractivity contribution >= 4 is 16.6 Å². The van der Waals surface area contributed by atoms with Crippen molar-refractivity contribution in [3.63, 3.8) is 0 Å². The van der Waals surface area contributed by atoms with Crippen molar-refractivity contribution in [1.82, 2.24) is 4.98 Å². The lowest BCUT2D eigenvalue weighted by atomic mass is 9.93. The predicted octanol–water partition coefficient (Wildman–Crippen LogP) is 2.50. The van der Waals surface area contributed by atoms with E-state index in [1.807, 2.05) is 18.3 Å². The summed E-state index contributed by atoms with van der Waals surface area (Å²) in [6, 6.07) is 7.89. The van der Waals surface area contributed by atoms with Gasteiger partial charge in [0.1, 0.15) is 11.6 Å². The van der Waals surface area contributed by atoms with E-state index in [0.717, 1.165) is 36.1 Å². The van der Waals surface area contributed by atoms with Crippen molar-refractivity contribution in [2.24, 2.45) is 11.7 Å². The van der Waals surface area contributed by atoms with Gasteiger partial charge in [-0.3, -0.25) is 0 Å². The molecule has 4 heteroatoms. The molecular weight excluding hydrogens is 250 g/mol. The van der Waals surface area contributed by atoms with Gasteiger partial charge >= 0.3 is 0 Å². The number of rotatable bonds is 2. The van der Waals surface area contributed by atoms with Crippen LogP contribution in [0.15, 0.2) is 30.5 Å². The van der Waals surface area contributed by atoms with Crippen molar-refractivity contribution in [3.8, 4) is 5.75 Å². The highest BCUT2D eigenvalue weighted by molar-refractivity contribution is 5.93. The molecule has 20 heavy (non-hydrogen) atoms. The molecule has 1 saturated heterocycles. The van der Waals surface area contributed by atoms with Gasteiger partial charge in [0.25, 0.3) is 0 Å². The minimum atomic E-state index is 0.284. The SMILES string of the molecule is CC1CCC(CN)CN1c1nccc2ccc(O)cc12. The van der Waals surface area contributed by atoms with E-state index in [9.17, 15) is 5.11 Å². The molecule has 2 aromatic rings. The first-order valence-corrected chi connectivity index (χ1v) is 7.23. The van der Waals surface area contributed by atoms with E-state index in [0.29, 0.717) is 12.0 Å². The first kappa shape index (κ1) is 13.2. The highest BCUT2D eigenvalue weighted by Gasteiger charge is 2.26. The molecule has 2 unspecified atom stereocenters. The molecule has 3 rings (SSSR count). The summed E-state index contributed by atoms with van der Waals surface area (Å²) < 4.78 is 0. The highest BCUT2D eigenvalue weighted by Crippen LogP contribution is 2.32. The minimum absolute atomic E-state index is 0.284. The van der Waals surface area contributed by atoms with E-state index in [-0.39, 0.29) is 5.75 Å². The van der Waals surface area contributed by atoms with Crippen LogP contribution in [0.25, 0.3) is 10.8 Å². The summed E-state index contributed by atoms with van der Waals surface area (Å²) in [6.07, 6.45) is 4.16. The fourth-order valence-electron chi connectivity index (χ4n) is 3.04. The average molecular weight is 271 g/mol. The number of nitrogens with zero attached hydrogens (tertiary/aromatic N) is 2. The van der Waals surface area contributed by atoms with Crippen LogP contribution in [0.2, 0.25) is 0 Å². The maximum Gasteiger partial charge on any atom is 0.136 e. The van der Waals surface area contributed by atoms with Crippen LogP contribution in [0.3, 0.4) is 0 Å². The minimum Gasteiger partial charge on any atom is -0.508 e. The summed E-state index contributed by atoms with van der Waals surface area (Å²) in [5, 5.41) is 11.9. The molecule has 0 saturated carbocycles. The molecule has 1 aliphatic heterocycles. The monoisotopic (exact) mass is 271 g/mol. The summed E-state index contributed by atoms with van der Waals surface area (Å²) in [5.74, 6) is 1.77. The number of phenols is 1. The van der Waals surface area contributed by atoms with E-state index in [1.165, 1.54) is 6.42 Å². The molecule has 4 nitrogen and oxygen atoms in total. The Bertz CT molecular complexity index is 614. The van der Waals surface area contributed by atoms with Gasteiger partial charge in [0, 0.05) is 24.2 Å². The summed E-state index contributed by atoms with van der Waals surface area (Å²) in [6.45, 7) is 3.90. The molecule has 1 fully saturated rings. The van der Waals surface area contributed by atoms with Crippen LogP contribution in [-0.2, 0) is 0 Å². The largest absolute Gasteiger partial charge is 0.508 e. The van der Waals surface area contributed by atoms with Crippen LogP contribution in [0.5, 0.6) is 5.75 Å². The topological polar surface area (TPSA) is 62.4 Å². The second kappa shape index (κ2) is 5.29. The van der Waals surface area contributed by atoms with E-state index in [1.54, 1.807) is 12.1 Å². The Morgan fingerprint density at radius 3 is 3.00 bits per heavy atom. The van der Waals surface area contributed by atoms with Gasteiger partial charge in [-0.05, 0) is 55.8 Å². The Kier molecular flexibility index (Phi) is 3.49. The Hall–Kier alpha value is -1.81. The van der Waals surface area contributed by atoms with Gasteiger partial charge in [-0.2, -0.15) is 0 Å². The van der Waals surface area contributed by atoms with Crippen LogP contribution in [0, 0.1) is 5.92 Å². The van der Waals surface area contributed by atoms with Crippen LogP contribution >= 0.6 is 0 Å². The third kappa shape index (κ3) is 2.31. The van der Waals surface area contributed by atoms with Crippen molar-refractivity contribution in [1.29, 1.82) is 0 Å². The number of piperidine rings is 1. The van der Waals surface area contributed by atoms with Crippen LogP contribution < -0.4 is 10.6 Å². The fourth-order valence-corrected chi connectivity index (χ4v) is 3.04. The number of aromatic hydroxyl groups is 1. The molecule has 0 amide bonds. The second-order valence-electron chi connectivity index (χ2n) is 5.72. The molecule has 0 bridgehead atoms. The van der Waals surface area contributed by atoms with E-state index in [2.05, 4.69) is 16.8 Å². The quantitative estimate of drug-likeness (QED) is 0.881. The zero-order chi connectivity index (χ0) is 14.1. The number of nitrogens with two attached hydrogens (primary N) is 1. The smallest absolute Gasteiger partial charge is 0.136 e. The number of benzene rings is 1. The van der Waals surface area contributed by atoms with Gasteiger partial charge in [0.05, 0.1) is 0 Å². The molecule has 0 radical (unpaired) electrons. The molecule has 0 spiro atoms. The van der Waals surface area contributed by atoms with Gasteiger partial charge in [-0.15, -0.1) is 0 Å². The predicted molar refractivity (Wildman–Crippen MR) is 82.0 cm³/mol. The number of pyridine rings is 1. The van der Waals surface area contributed by atoms with Crippen molar-refractivity contribution in [3.05, 3.63) is 30.5 Å². The summed E-state index contributed by atoms with van der Waals surface area (Å²) in [7, 11) is 0. The van der Waals surface area contributed by atoms with Crippen LogP contribution in [0.4, 0.5) is 5.82 Å². The molecule has 2 heterocycles. The standard InChI is InChI=1S/C16H21N3O/c1-11-2-3-12(9-17)10-19(11)16-15-8-14(20)5-4-13(15)6-7-18-16/h4-8,11-12,20H,2-3,9-10,17H2,1H3. The Labute approximate surface area is 119 Å². The lowest BCUT2D eigenvalue weighted by molar-refractivity contribution is 0.372. The molecule has 2 atom stereocenters. The van der Waals surface area contributed by atoms with Crippen molar-refractivity contribution in [2.75, 3.05) is 18.0 Å². The maximum atomic E-state index is 9.75. The van der Waals surface area contributed by atoms with Gasteiger partial charge < -0.3 is 15.7 Å². The Morgan fingerprint density at radius 2 is 2.20 bits per heavy atom. The molecule has 1 aliphatic rings. The number of hydrogen-bond donors (Lipinski definition) is 2. The van der Waals surface area contributed by atoms with E-state index < -0.39 is 0 Å². The Morgan fingerprint density at radius 1 is 1.35 bits per heavy atom. The van der Waals surface area contributed by atoms with Crippen LogP contribution in [-0.4, -0.2) is 29.2 Å². The zero-order valence-electron chi connectivity index (χ0n) is 11.8. The highest BCUT2D eigenvalue weighted by atomic mass is 16.3. The van der Waals surface area contributed by atoms with E-state index >= 15 is 0 Å². The molecule has 1 aromatic carbocycles. The summed E-state index contributed by atoms with van der Waals surface area (Å²) >= 11 is 0. The lowest BCUT2D eigenvalue weighted by Crippen LogP contribution is -2.44. The third-order valence-corrected chi connectivity index (χ3v) is 4.31. The van der Waals surface area contributed by atoms with Gasteiger partial charge in [0.15, 0.2) is 0 Å². The third-order valence-electron chi connectivity index (χ3n) is 4.31. The van der Waals surface area contributed by atoms with Gasteiger partial charge in [0.2, 0.25) is 0 Å². The normalized spacial score (nSPS) is 23.2. The number of aromatic nitrogens is 1. The van der Waals surface area contributed by atoms with Gasteiger partial charge in [-0.25, -0.2) is 4.98 Å². The summed E-state index contributed by atoms with van der Waals surface area (Å²) in [5.41, 5.74) is 5.84. The van der Waals surface area contributed by atoms with Crippen LogP contribution in [0.1, 0.15) is 19.8 Å². The molecule has 1 aromatic heterocycles. The first-order valence-electron chi connectivity index (χ1n) is 7.23. The number of phenolic OH excluding ortho intramolecular Hbond substituents is 1. The van der Waals surface area contributed by atoms with Crippen molar-refractivity contribution in [2.45, 2.75) is 25.8 Å². The maximum absolute atomic E-state index is 9.75. The van der Waals surface area contributed by atoms with Gasteiger partial charge in [-0.1, -0.05) is 6.07 Å². The van der Waals surface area contributed by atoms with Crippen molar-refractivity contribution < 1.29 is 5.11 Å². The number of anilines is 1. The average Bonchev–Trinajstić information content (AvgIpc) is 2.47. The fraction of sp³-hybridized carbons (Fsp3) is 0.438. The summed E-state index contributed by atoms with van der Waals surface area (Å²) in [4.78, 5) is 6.90. The van der Waals surface area contributed by atoms with E-state index in [4.69, 9.17) is 5.73 Å². The number of fused-ring (bicyclic) bond motifs is 1. The zero-order valence-corrected chi connectivity index (χ0v) is 11.8. The second-order valence-corrected chi connectivity index (χ2v) is 5.72. The lowest BCUT2D eigenvalue weighted by Gasteiger charge is -2.39. The molecule has 3 N–H and O–H groups in total. The number of hydrogen-bond acceptors (Lipinski definition) is 4. The first-order chi connectivity index (χ1) is 9.69.